The fourth-order valence-corrected chi connectivity index (χ4v) is 6.14. The third kappa shape index (κ3) is 4.49. The van der Waals surface area contributed by atoms with Crippen LogP contribution >= 0.6 is 15.9 Å². The summed E-state index contributed by atoms with van der Waals surface area (Å²) < 4.78 is 6.70. The highest BCUT2D eigenvalue weighted by Crippen LogP contribution is 2.54. The molecule has 1 aliphatic heterocycles. The highest BCUT2D eigenvalue weighted by Gasteiger charge is 2.47. The van der Waals surface area contributed by atoms with E-state index >= 15 is 0 Å². The van der Waals surface area contributed by atoms with Crippen molar-refractivity contribution >= 4 is 27.9 Å². The van der Waals surface area contributed by atoms with Crippen molar-refractivity contribution in [3.8, 4) is 5.75 Å². The fourth-order valence-electron chi connectivity index (χ4n) is 5.34. The van der Waals surface area contributed by atoms with Crippen molar-refractivity contribution in [2.45, 2.75) is 50.5 Å². The fraction of sp³-hybridized carbons (Fsp3) is 0.440. The summed E-state index contributed by atoms with van der Waals surface area (Å²) in [6.45, 7) is 4.25. The van der Waals surface area contributed by atoms with Crippen LogP contribution in [0.1, 0.15) is 55.2 Å². The molecule has 0 bridgehead atoms. The number of nitrogens with one attached hydrogen (secondary N) is 1. The lowest BCUT2D eigenvalue weighted by molar-refractivity contribution is -0.137. The number of aliphatic carboxylic acids is 1. The number of ether oxygens (including phenoxy) is 1. The molecule has 2 amide bonds. The number of hydrogen-bond donors (Lipinski definition) is 2. The maximum absolute atomic E-state index is 12.9. The van der Waals surface area contributed by atoms with Gasteiger partial charge >= 0.3 is 12.0 Å². The van der Waals surface area contributed by atoms with E-state index in [4.69, 9.17) is 4.74 Å². The SMILES string of the molecule is CCOc1ccccc1CNC(=O)N1CCC2(CC1)CC(CC(=O)O)c1cccc(Br)c12. The minimum atomic E-state index is -0.762. The minimum absolute atomic E-state index is 0.0236. The van der Waals surface area contributed by atoms with Crippen molar-refractivity contribution in [3.63, 3.8) is 0 Å². The van der Waals surface area contributed by atoms with Crippen LogP contribution in [0.4, 0.5) is 4.79 Å². The van der Waals surface area contributed by atoms with Gasteiger partial charge in [-0.25, -0.2) is 4.79 Å². The first-order valence-electron chi connectivity index (χ1n) is 11.2. The van der Waals surface area contributed by atoms with E-state index in [1.165, 1.54) is 5.56 Å². The second-order valence-electron chi connectivity index (χ2n) is 8.67. The normalized spacial score (nSPS) is 18.9. The van der Waals surface area contributed by atoms with E-state index in [9.17, 15) is 14.7 Å². The maximum Gasteiger partial charge on any atom is 0.317 e. The van der Waals surface area contributed by atoms with Gasteiger partial charge in [-0.15, -0.1) is 0 Å². The number of carboxylic acids is 1. The minimum Gasteiger partial charge on any atom is -0.494 e. The smallest absolute Gasteiger partial charge is 0.317 e. The number of carboxylic acid groups (broad SMARTS) is 1. The second kappa shape index (κ2) is 9.53. The van der Waals surface area contributed by atoms with E-state index in [1.807, 2.05) is 48.2 Å². The molecule has 1 aliphatic carbocycles. The number of benzene rings is 2. The quantitative estimate of drug-likeness (QED) is 0.581. The van der Waals surface area contributed by atoms with Gasteiger partial charge in [0.05, 0.1) is 13.0 Å². The number of fused-ring (bicyclic) bond motifs is 2. The van der Waals surface area contributed by atoms with Crippen LogP contribution in [0.25, 0.3) is 0 Å². The number of nitrogens with zero attached hydrogens (tertiary/aromatic N) is 1. The average molecular weight is 501 g/mol. The summed E-state index contributed by atoms with van der Waals surface area (Å²) in [5, 5.41) is 12.4. The topological polar surface area (TPSA) is 78.9 Å². The molecule has 2 aromatic carbocycles. The van der Waals surface area contributed by atoms with Crippen molar-refractivity contribution in [3.05, 3.63) is 63.6 Å². The zero-order valence-corrected chi connectivity index (χ0v) is 19.9. The molecule has 1 unspecified atom stereocenters. The number of urea groups is 1. The lowest BCUT2D eigenvalue weighted by Crippen LogP contribution is -2.48. The van der Waals surface area contributed by atoms with E-state index in [1.54, 1.807) is 0 Å². The molecule has 4 rings (SSSR count). The number of para-hydroxylation sites is 1. The zero-order chi connectivity index (χ0) is 22.7. The number of rotatable bonds is 6. The van der Waals surface area contributed by atoms with Crippen molar-refractivity contribution in [2.75, 3.05) is 19.7 Å². The van der Waals surface area contributed by atoms with E-state index in [0.717, 1.165) is 40.6 Å². The van der Waals surface area contributed by atoms with Crippen LogP contribution in [0.2, 0.25) is 0 Å². The number of likely N-dealkylation sites (tertiary alicyclic amines) is 1. The Labute approximate surface area is 197 Å². The summed E-state index contributed by atoms with van der Waals surface area (Å²) in [6.07, 6.45) is 2.65. The predicted molar refractivity (Wildman–Crippen MR) is 126 cm³/mol. The molecule has 1 heterocycles. The van der Waals surface area contributed by atoms with Gasteiger partial charge in [-0.2, -0.15) is 0 Å². The summed E-state index contributed by atoms with van der Waals surface area (Å²) in [7, 11) is 0. The summed E-state index contributed by atoms with van der Waals surface area (Å²) in [6, 6.07) is 13.8. The molecule has 1 atom stereocenters. The number of amides is 2. The van der Waals surface area contributed by atoms with Gasteiger partial charge in [0.2, 0.25) is 0 Å². The van der Waals surface area contributed by atoms with Crippen LogP contribution < -0.4 is 10.1 Å². The van der Waals surface area contributed by atoms with E-state index < -0.39 is 5.97 Å². The van der Waals surface area contributed by atoms with Crippen LogP contribution in [0, 0.1) is 0 Å². The maximum atomic E-state index is 12.9. The molecule has 6 nitrogen and oxygen atoms in total. The average Bonchev–Trinajstić information content (AvgIpc) is 3.07. The number of halogens is 1. The van der Waals surface area contributed by atoms with Gasteiger partial charge in [0, 0.05) is 35.1 Å². The first-order valence-corrected chi connectivity index (χ1v) is 12.0. The Kier molecular flexibility index (Phi) is 6.74. The van der Waals surface area contributed by atoms with Crippen LogP contribution in [-0.4, -0.2) is 41.7 Å². The largest absolute Gasteiger partial charge is 0.494 e. The molecule has 32 heavy (non-hydrogen) atoms. The van der Waals surface area contributed by atoms with Gasteiger partial charge in [0.25, 0.3) is 0 Å². The molecule has 2 N–H and O–H groups in total. The van der Waals surface area contributed by atoms with E-state index in [0.29, 0.717) is 26.2 Å². The van der Waals surface area contributed by atoms with E-state index in [2.05, 4.69) is 27.3 Å². The van der Waals surface area contributed by atoms with Crippen LogP contribution in [0.5, 0.6) is 5.75 Å². The van der Waals surface area contributed by atoms with Gasteiger partial charge in [0.15, 0.2) is 0 Å². The monoisotopic (exact) mass is 500 g/mol. The Balaban J connectivity index is 1.42. The molecule has 1 saturated heterocycles. The zero-order valence-electron chi connectivity index (χ0n) is 18.3. The molecular formula is C25H29BrN2O4. The summed E-state index contributed by atoms with van der Waals surface area (Å²) in [4.78, 5) is 26.2. The molecule has 1 spiro atoms. The standard InChI is InChI=1S/C25H29BrN2O4/c1-2-32-21-9-4-3-6-17(21)16-27-24(31)28-12-10-25(11-13-28)15-18(14-22(29)30)19-7-5-8-20(26)23(19)25/h3-9,18H,2,10-16H2,1H3,(H,27,31)(H,29,30). The molecule has 0 saturated carbocycles. The number of hydrogen-bond acceptors (Lipinski definition) is 3. The third-order valence-electron chi connectivity index (χ3n) is 6.78. The van der Waals surface area contributed by atoms with Crippen LogP contribution in [0.15, 0.2) is 46.9 Å². The van der Waals surface area contributed by atoms with Crippen LogP contribution in [0.3, 0.4) is 0 Å². The van der Waals surface area contributed by atoms with Gasteiger partial charge in [0.1, 0.15) is 5.75 Å². The number of carbonyl (C=O) groups is 2. The molecular weight excluding hydrogens is 472 g/mol. The second-order valence-corrected chi connectivity index (χ2v) is 9.52. The summed E-state index contributed by atoms with van der Waals surface area (Å²) in [5.41, 5.74) is 3.28. The number of carbonyl (C=O) groups excluding carboxylic acids is 1. The van der Waals surface area contributed by atoms with Crippen molar-refractivity contribution in [2.24, 2.45) is 0 Å². The Morgan fingerprint density at radius 2 is 1.94 bits per heavy atom. The van der Waals surface area contributed by atoms with Crippen molar-refractivity contribution in [1.29, 1.82) is 0 Å². The molecule has 0 aromatic heterocycles. The molecule has 0 radical (unpaired) electrons. The van der Waals surface area contributed by atoms with Gasteiger partial charge in [-0.05, 0) is 55.4 Å². The van der Waals surface area contributed by atoms with Crippen LogP contribution in [-0.2, 0) is 16.8 Å². The highest BCUT2D eigenvalue weighted by molar-refractivity contribution is 9.10. The highest BCUT2D eigenvalue weighted by atomic mass is 79.9. The van der Waals surface area contributed by atoms with Gasteiger partial charge in [-0.3, -0.25) is 4.79 Å². The Morgan fingerprint density at radius 1 is 1.19 bits per heavy atom. The molecule has 1 fully saturated rings. The summed E-state index contributed by atoms with van der Waals surface area (Å²) >= 11 is 3.71. The summed E-state index contributed by atoms with van der Waals surface area (Å²) in [5.74, 6) is 0.0577. The first kappa shape index (κ1) is 22.6. The van der Waals surface area contributed by atoms with Crippen molar-refractivity contribution < 1.29 is 19.4 Å². The molecule has 2 aromatic rings. The van der Waals surface area contributed by atoms with Crippen molar-refractivity contribution in [1.82, 2.24) is 10.2 Å². The van der Waals surface area contributed by atoms with Gasteiger partial charge in [-0.1, -0.05) is 46.3 Å². The van der Waals surface area contributed by atoms with Gasteiger partial charge < -0.3 is 20.1 Å². The molecule has 7 heteroatoms. The lowest BCUT2D eigenvalue weighted by atomic mass is 9.73. The Hall–Kier alpha value is -2.54. The first-order chi connectivity index (χ1) is 15.4. The molecule has 170 valence electrons. The number of piperidine rings is 1. The predicted octanol–water partition coefficient (Wildman–Crippen LogP) is 5.05. The Bertz CT molecular complexity index is 1000. The molecule has 2 aliphatic rings. The Morgan fingerprint density at radius 3 is 2.66 bits per heavy atom. The van der Waals surface area contributed by atoms with E-state index in [-0.39, 0.29) is 23.8 Å². The lowest BCUT2D eigenvalue weighted by Gasteiger charge is -2.40. The third-order valence-corrected chi connectivity index (χ3v) is 7.45.